The SMILES string of the molecule is CC(C)CC#[C][Sn]([CH3])([CH3])[CH3]. The van der Waals surface area contributed by atoms with Gasteiger partial charge in [0.1, 0.15) is 0 Å². The Morgan fingerprint density at radius 2 is 1.70 bits per heavy atom. The van der Waals surface area contributed by atoms with Gasteiger partial charge in [0, 0.05) is 0 Å². The van der Waals surface area contributed by atoms with Crippen LogP contribution in [-0.2, 0) is 0 Å². The van der Waals surface area contributed by atoms with Crippen LogP contribution in [0.25, 0.3) is 0 Å². The van der Waals surface area contributed by atoms with Crippen LogP contribution in [0.4, 0.5) is 0 Å². The minimum absolute atomic E-state index is 0.737. The summed E-state index contributed by atoms with van der Waals surface area (Å²) in [4.78, 5) is 7.05. The Bertz CT molecular complexity index is 140. The van der Waals surface area contributed by atoms with Crippen molar-refractivity contribution >= 4 is 18.4 Å². The first kappa shape index (κ1) is 10.4. The van der Waals surface area contributed by atoms with Crippen molar-refractivity contribution in [3.63, 3.8) is 0 Å². The fourth-order valence-electron chi connectivity index (χ4n) is 0.520. The second-order valence-electron chi connectivity index (χ2n) is 4.15. The molecule has 0 atom stereocenters. The van der Waals surface area contributed by atoms with Crippen molar-refractivity contribution in [2.45, 2.75) is 35.1 Å². The van der Waals surface area contributed by atoms with Crippen LogP contribution < -0.4 is 0 Å². The standard InChI is InChI=1S/C6H9.3CH3.Sn/c1-4-5-6(2)3;;;;/h6H,5H2,2-3H3;3*1H3;. The summed E-state index contributed by atoms with van der Waals surface area (Å²) in [5.41, 5.74) is 0. The van der Waals surface area contributed by atoms with Crippen LogP contribution in [0.2, 0.25) is 14.8 Å². The van der Waals surface area contributed by atoms with Crippen molar-refractivity contribution < 1.29 is 0 Å². The molecular formula is C9H18Sn. The van der Waals surface area contributed by atoms with Gasteiger partial charge in [0.2, 0.25) is 0 Å². The molecule has 0 spiro atoms. The van der Waals surface area contributed by atoms with Gasteiger partial charge in [0.25, 0.3) is 0 Å². The molecule has 0 N–H and O–H groups in total. The summed E-state index contributed by atoms with van der Waals surface area (Å²) >= 11 is -1.73. The van der Waals surface area contributed by atoms with Crippen LogP contribution in [0.3, 0.4) is 0 Å². The van der Waals surface area contributed by atoms with Gasteiger partial charge in [-0.05, 0) is 0 Å². The first-order valence-electron chi connectivity index (χ1n) is 3.92. The van der Waals surface area contributed by atoms with Crippen molar-refractivity contribution in [1.82, 2.24) is 0 Å². The molecule has 0 aromatic rings. The van der Waals surface area contributed by atoms with Crippen LogP contribution in [0.1, 0.15) is 20.3 Å². The van der Waals surface area contributed by atoms with Gasteiger partial charge in [-0.3, -0.25) is 0 Å². The van der Waals surface area contributed by atoms with Gasteiger partial charge in [0.15, 0.2) is 0 Å². The monoisotopic (exact) mass is 246 g/mol. The van der Waals surface area contributed by atoms with Crippen molar-refractivity contribution in [1.29, 1.82) is 0 Å². The predicted octanol–water partition coefficient (Wildman–Crippen LogP) is 2.91. The van der Waals surface area contributed by atoms with E-state index in [0.29, 0.717) is 0 Å². The molecule has 0 saturated carbocycles. The van der Waals surface area contributed by atoms with Crippen LogP contribution in [-0.4, -0.2) is 18.4 Å². The predicted molar refractivity (Wildman–Crippen MR) is 50.6 cm³/mol. The van der Waals surface area contributed by atoms with Gasteiger partial charge in [-0.25, -0.2) is 0 Å². The number of rotatable bonds is 1. The summed E-state index contributed by atoms with van der Waals surface area (Å²) in [6.45, 7) is 4.43. The molecule has 0 aromatic heterocycles. The molecule has 0 unspecified atom stereocenters. The van der Waals surface area contributed by atoms with E-state index in [1.807, 2.05) is 0 Å². The molecule has 0 radical (unpaired) electrons. The van der Waals surface area contributed by atoms with Crippen LogP contribution in [0, 0.1) is 15.8 Å². The molecule has 58 valence electrons. The van der Waals surface area contributed by atoms with Gasteiger partial charge < -0.3 is 0 Å². The average molecular weight is 245 g/mol. The summed E-state index contributed by atoms with van der Waals surface area (Å²) in [7, 11) is 0. The summed E-state index contributed by atoms with van der Waals surface area (Å²) in [6, 6.07) is 0. The third-order valence-electron chi connectivity index (χ3n) is 0.974. The minimum atomic E-state index is -1.73. The molecule has 0 aliphatic heterocycles. The Morgan fingerprint density at radius 3 is 2.00 bits per heavy atom. The molecule has 1 heteroatoms. The molecule has 0 fully saturated rings. The van der Waals surface area contributed by atoms with E-state index in [1.165, 1.54) is 0 Å². The van der Waals surface area contributed by atoms with Crippen LogP contribution in [0.5, 0.6) is 0 Å². The van der Waals surface area contributed by atoms with Gasteiger partial charge in [-0.2, -0.15) is 0 Å². The molecule has 0 nitrogen and oxygen atoms in total. The first-order chi connectivity index (χ1) is 4.42. The summed E-state index contributed by atoms with van der Waals surface area (Å²) in [5.74, 6) is 4.01. The van der Waals surface area contributed by atoms with E-state index in [-0.39, 0.29) is 0 Å². The maximum absolute atomic E-state index is 3.41. The molecule has 0 aliphatic rings. The first-order valence-corrected chi connectivity index (χ1v) is 13.9. The second kappa shape index (κ2) is 4.28. The van der Waals surface area contributed by atoms with Crippen molar-refractivity contribution in [3.05, 3.63) is 0 Å². The number of hydrogen-bond donors (Lipinski definition) is 0. The van der Waals surface area contributed by atoms with E-state index in [9.17, 15) is 0 Å². The Kier molecular flexibility index (Phi) is 4.43. The van der Waals surface area contributed by atoms with Crippen LogP contribution in [0.15, 0.2) is 0 Å². The van der Waals surface area contributed by atoms with Gasteiger partial charge in [-0.1, -0.05) is 0 Å². The summed E-state index contributed by atoms with van der Waals surface area (Å²) in [6.07, 6.45) is 1.08. The third-order valence-corrected chi connectivity index (χ3v) is 3.62. The summed E-state index contributed by atoms with van der Waals surface area (Å²) < 4.78 is 3.41. The normalized spacial score (nSPS) is 11.0. The zero-order chi connectivity index (χ0) is 8.20. The Hall–Kier alpha value is 0.359. The topological polar surface area (TPSA) is 0 Å². The van der Waals surface area contributed by atoms with E-state index in [0.717, 1.165) is 12.3 Å². The van der Waals surface area contributed by atoms with E-state index < -0.39 is 18.4 Å². The summed E-state index contributed by atoms with van der Waals surface area (Å²) in [5, 5.41) is 0. The number of hydrogen-bond acceptors (Lipinski definition) is 0. The molecule has 0 aromatic carbocycles. The molecule has 0 bridgehead atoms. The second-order valence-corrected chi connectivity index (χ2v) is 17.7. The van der Waals surface area contributed by atoms with E-state index >= 15 is 0 Å². The molecule has 0 rings (SSSR count). The van der Waals surface area contributed by atoms with Crippen LogP contribution >= 0.6 is 0 Å². The van der Waals surface area contributed by atoms with E-state index in [4.69, 9.17) is 0 Å². The quantitative estimate of drug-likeness (QED) is 0.492. The van der Waals surface area contributed by atoms with E-state index in [2.05, 4.69) is 38.5 Å². The Morgan fingerprint density at radius 1 is 1.20 bits per heavy atom. The zero-order valence-electron chi connectivity index (χ0n) is 7.78. The molecule has 10 heavy (non-hydrogen) atoms. The van der Waals surface area contributed by atoms with Crippen molar-refractivity contribution in [2.24, 2.45) is 5.92 Å². The van der Waals surface area contributed by atoms with Gasteiger partial charge in [-0.15, -0.1) is 0 Å². The molecule has 0 saturated heterocycles. The Labute approximate surface area is 69.3 Å². The molecular weight excluding hydrogens is 227 g/mol. The Balaban J connectivity index is 3.71. The molecule has 0 heterocycles. The fourth-order valence-corrected chi connectivity index (χ4v) is 2.33. The van der Waals surface area contributed by atoms with Gasteiger partial charge in [0.05, 0.1) is 0 Å². The zero-order valence-corrected chi connectivity index (χ0v) is 10.6. The van der Waals surface area contributed by atoms with Crippen molar-refractivity contribution in [3.8, 4) is 9.86 Å². The van der Waals surface area contributed by atoms with E-state index in [1.54, 1.807) is 0 Å². The molecule has 0 amide bonds. The molecule has 0 aliphatic carbocycles. The van der Waals surface area contributed by atoms with Gasteiger partial charge >= 0.3 is 69.2 Å². The van der Waals surface area contributed by atoms with Crippen molar-refractivity contribution in [2.75, 3.05) is 0 Å². The fraction of sp³-hybridized carbons (Fsp3) is 0.778. The average Bonchev–Trinajstić information content (AvgIpc) is 1.59. The third kappa shape index (κ3) is 8.36. The maximum atomic E-state index is 3.41.